The summed E-state index contributed by atoms with van der Waals surface area (Å²) in [6.07, 6.45) is 2.69. The maximum Gasteiger partial charge on any atom is 0.407 e. The highest BCUT2D eigenvalue weighted by molar-refractivity contribution is 8.00. The van der Waals surface area contributed by atoms with Crippen LogP contribution in [0.25, 0.3) is 4.85 Å². The molecule has 3 N–H and O–H groups in total. The Morgan fingerprint density at radius 3 is 2.42 bits per heavy atom. The molecular weight excluding hydrogens is 500 g/mol. The first kappa shape index (κ1) is 27.3. The molecule has 2 fully saturated rings. The SMILES string of the molecule is [C-]#[N+]c1c(N2CCC(NC(=O)OC(C)(C)C)CC2)nc(SC(C(N)=O)c2ccccc2)c(C#N)c1C1CC1. The molecule has 2 aromatic rings. The molecule has 1 aliphatic heterocycles. The molecule has 1 saturated heterocycles. The maximum absolute atomic E-state index is 12.4. The molecule has 10 heteroatoms. The van der Waals surface area contributed by atoms with Gasteiger partial charge in [0, 0.05) is 19.1 Å². The van der Waals surface area contributed by atoms with Gasteiger partial charge in [0.25, 0.3) is 0 Å². The Labute approximate surface area is 227 Å². The zero-order valence-corrected chi connectivity index (χ0v) is 22.7. The van der Waals surface area contributed by atoms with Gasteiger partial charge in [-0.25, -0.2) is 14.6 Å². The second-order valence-corrected chi connectivity index (χ2v) is 11.7. The zero-order valence-electron chi connectivity index (χ0n) is 21.9. The smallest absolute Gasteiger partial charge is 0.407 e. The second-order valence-electron chi connectivity index (χ2n) is 10.6. The lowest BCUT2D eigenvalue weighted by atomic mass is 10.0. The minimum absolute atomic E-state index is 0.0510. The lowest BCUT2D eigenvalue weighted by Gasteiger charge is -2.35. The van der Waals surface area contributed by atoms with Gasteiger partial charge in [0.05, 0.1) is 12.1 Å². The number of ether oxygens (including phenoxy) is 1. The Hall–Kier alpha value is -3.76. The highest BCUT2D eigenvalue weighted by Crippen LogP contribution is 2.51. The van der Waals surface area contributed by atoms with E-state index in [1.165, 1.54) is 0 Å². The monoisotopic (exact) mass is 532 g/mol. The molecule has 0 bridgehead atoms. The van der Waals surface area contributed by atoms with Crippen molar-refractivity contribution >= 4 is 35.3 Å². The van der Waals surface area contributed by atoms with Crippen LogP contribution in [0, 0.1) is 17.9 Å². The zero-order chi connectivity index (χ0) is 27.4. The summed E-state index contributed by atoms with van der Waals surface area (Å²) in [5.41, 5.74) is 7.42. The third-order valence-corrected chi connectivity index (χ3v) is 7.73. The highest BCUT2D eigenvalue weighted by Gasteiger charge is 2.36. The number of hydrogen-bond donors (Lipinski definition) is 2. The molecule has 1 aliphatic carbocycles. The van der Waals surface area contributed by atoms with E-state index < -0.39 is 22.9 Å². The molecular formula is C28H32N6O3S. The van der Waals surface area contributed by atoms with E-state index in [-0.39, 0.29) is 12.0 Å². The number of nitrogens with one attached hydrogen (secondary N) is 1. The molecule has 1 saturated carbocycles. The van der Waals surface area contributed by atoms with Gasteiger partial charge in [-0.15, -0.1) is 0 Å². The van der Waals surface area contributed by atoms with E-state index in [9.17, 15) is 14.9 Å². The van der Waals surface area contributed by atoms with Crippen molar-refractivity contribution in [1.82, 2.24) is 10.3 Å². The van der Waals surface area contributed by atoms with Crippen LogP contribution in [0.1, 0.15) is 74.3 Å². The van der Waals surface area contributed by atoms with E-state index in [4.69, 9.17) is 22.0 Å². The molecule has 1 aromatic heterocycles. The topological polar surface area (TPSA) is 126 Å². The number of hydrogen-bond acceptors (Lipinski definition) is 7. The van der Waals surface area contributed by atoms with Gasteiger partial charge in [-0.2, -0.15) is 5.26 Å². The van der Waals surface area contributed by atoms with Crippen molar-refractivity contribution in [3.05, 3.63) is 58.4 Å². The fourth-order valence-electron chi connectivity index (χ4n) is 4.59. The van der Waals surface area contributed by atoms with Crippen LogP contribution in [0.4, 0.5) is 16.3 Å². The van der Waals surface area contributed by atoms with Gasteiger partial charge in [-0.3, -0.25) is 4.79 Å². The summed E-state index contributed by atoms with van der Waals surface area (Å²) in [7, 11) is 0. The number of amides is 2. The minimum Gasteiger partial charge on any atom is -0.444 e. The van der Waals surface area contributed by atoms with Gasteiger partial charge in [0.15, 0.2) is 0 Å². The first-order valence-corrected chi connectivity index (χ1v) is 13.6. The van der Waals surface area contributed by atoms with Gasteiger partial charge < -0.3 is 20.7 Å². The summed E-state index contributed by atoms with van der Waals surface area (Å²) in [6.45, 7) is 14.6. The van der Waals surface area contributed by atoms with Crippen molar-refractivity contribution in [3.63, 3.8) is 0 Å². The normalized spacial score (nSPS) is 16.7. The lowest BCUT2D eigenvalue weighted by Crippen LogP contribution is -2.46. The van der Waals surface area contributed by atoms with Gasteiger partial charge in [0.2, 0.25) is 11.6 Å². The summed E-state index contributed by atoms with van der Waals surface area (Å²) < 4.78 is 5.38. The summed E-state index contributed by atoms with van der Waals surface area (Å²) >= 11 is 1.16. The number of nitrogens with zero attached hydrogens (tertiary/aromatic N) is 4. The summed E-state index contributed by atoms with van der Waals surface area (Å²) in [5.74, 6) is 0.130. The van der Waals surface area contributed by atoms with E-state index >= 15 is 0 Å². The quantitative estimate of drug-likeness (QED) is 0.371. The first-order valence-electron chi connectivity index (χ1n) is 12.7. The second kappa shape index (κ2) is 11.3. The van der Waals surface area contributed by atoms with Gasteiger partial charge in [-0.05, 0) is 63.5 Å². The molecule has 4 rings (SSSR count). The molecule has 38 heavy (non-hydrogen) atoms. The fraction of sp³-hybridized carbons (Fsp3) is 0.464. The van der Waals surface area contributed by atoms with Crippen molar-refractivity contribution in [2.75, 3.05) is 18.0 Å². The standard InChI is InChI=1S/C28H32N6O3S/c1-28(2,3)37-27(36)32-19-12-14-34(15-13-19)25-22(31-4)21(17-10-11-17)20(16-29)26(33-25)38-23(24(30)35)18-8-6-5-7-9-18/h5-9,17,19,23H,10-15H2,1-3H3,(H2,30,35)(H,32,36). The molecule has 2 aliphatic rings. The maximum atomic E-state index is 12.4. The van der Waals surface area contributed by atoms with Crippen molar-refractivity contribution in [2.24, 2.45) is 5.73 Å². The lowest BCUT2D eigenvalue weighted by molar-refractivity contribution is -0.117. The summed E-state index contributed by atoms with van der Waals surface area (Å²) in [6, 6.07) is 11.4. The largest absolute Gasteiger partial charge is 0.444 e. The number of nitrogens with two attached hydrogens (primary N) is 1. The molecule has 2 amide bonds. The average molecular weight is 533 g/mol. The van der Waals surface area contributed by atoms with Crippen LogP contribution in [0.5, 0.6) is 0 Å². The van der Waals surface area contributed by atoms with Crippen molar-refractivity contribution in [2.45, 2.75) is 74.3 Å². The average Bonchev–Trinajstić information content (AvgIpc) is 3.71. The Morgan fingerprint density at radius 2 is 1.89 bits per heavy atom. The number of rotatable bonds is 7. The molecule has 2 heterocycles. The minimum atomic E-state index is -0.724. The van der Waals surface area contributed by atoms with Crippen molar-refractivity contribution in [1.29, 1.82) is 5.26 Å². The van der Waals surface area contributed by atoms with Gasteiger partial charge in [0.1, 0.15) is 27.8 Å². The summed E-state index contributed by atoms with van der Waals surface area (Å²) in [4.78, 5) is 35.4. The number of nitriles is 1. The highest BCUT2D eigenvalue weighted by atomic mass is 32.2. The molecule has 1 aromatic carbocycles. The first-order chi connectivity index (χ1) is 18.1. The van der Waals surface area contributed by atoms with Crippen molar-refractivity contribution < 1.29 is 14.3 Å². The predicted octanol–water partition coefficient (Wildman–Crippen LogP) is 5.19. The van der Waals surface area contributed by atoms with Crippen LogP contribution in [-0.2, 0) is 9.53 Å². The molecule has 0 spiro atoms. The van der Waals surface area contributed by atoms with Gasteiger partial charge >= 0.3 is 6.09 Å². The number of carbonyl (C=O) groups excluding carboxylic acids is 2. The molecule has 1 atom stereocenters. The van der Waals surface area contributed by atoms with E-state index in [0.717, 1.165) is 35.7 Å². The Balaban J connectivity index is 1.64. The number of thioether (sulfide) groups is 1. The number of anilines is 1. The van der Waals surface area contributed by atoms with Crippen LogP contribution in [0.3, 0.4) is 0 Å². The Bertz CT molecular complexity index is 1280. The number of primary amides is 1. The van der Waals surface area contributed by atoms with Gasteiger partial charge in [-0.1, -0.05) is 42.1 Å². The number of alkyl carbamates (subject to hydrolysis) is 1. The number of piperidine rings is 1. The van der Waals surface area contributed by atoms with Crippen LogP contribution in [0.2, 0.25) is 0 Å². The van der Waals surface area contributed by atoms with Crippen LogP contribution < -0.4 is 16.0 Å². The Kier molecular flexibility index (Phi) is 8.13. The number of carbonyl (C=O) groups is 2. The van der Waals surface area contributed by atoms with E-state index in [2.05, 4.69) is 16.2 Å². The third-order valence-electron chi connectivity index (χ3n) is 6.47. The fourth-order valence-corrected chi connectivity index (χ4v) is 5.64. The third kappa shape index (κ3) is 6.38. The summed E-state index contributed by atoms with van der Waals surface area (Å²) in [5, 5.41) is 12.8. The number of aromatic nitrogens is 1. The Morgan fingerprint density at radius 1 is 1.24 bits per heavy atom. The van der Waals surface area contributed by atoms with Crippen LogP contribution in [0.15, 0.2) is 35.4 Å². The van der Waals surface area contributed by atoms with Crippen LogP contribution >= 0.6 is 11.8 Å². The van der Waals surface area contributed by atoms with Crippen LogP contribution in [-0.4, -0.2) is 41.7 Å². The molecule has 9 nitrogen and oxygen atoms in total. The number of pyridine rings is 1. The number of benzene rings is 1. The van der Waals surface area contributed by atoms with E-state index in [1.807, 2.05) is 56.0 Å². The molecule has 0 radical (unpaired) electrons. The van der Waals surface area contributed by atoms with E-state index in [1.54, 1.807) is 0 Å². The molecule has 198 valence electrons. The van der Waals surface area contributed by atoms with E-state index in [0.29, 0.717) is 48.0 Å². The predicted molar refractivity (Wildman–Crippen MR) is 146 cm³/mol. The molecule has 1 unspecified atom stereocenters. The van der Waals surface area contributed by atoms with Crippen molar-refractivity contribution in [3.8, 4) is 6.07 Å².